The van der Waals surface area contributed by atoms with Crippen LogP contribution in [0.25, 0.3) is 6.08 Å². The molecule has 2 N–H and O–H groups in total. The largest absolute Gasteiger partial charge is 0.326 e. The van der Waals surface area contributed by atoms with Crippen LogP contribution in [0.3, 0.4) is 0 Å². The Morgan fingerprint density at radius 1 is 1.36 bits per heavy atom. The predicted molar refractivity (Wildman–Crippen MR) is 58.4 cm³/mol. The molecule has 0 saturated heterocycles. The first-order chi connectivity index (χ1) is 6.57. The lowest BCUT2D eigenvalue weighted by molar-refractivity contribution is 0.602. The van der Waals surface area contributed by atoms with Gasteiger partial charge in [0, 0.05) is 11.0 Å². The number of sulfone groups is 1. The van der Waals surface area contributed by atoms with E-state index in [-0.39, 0.29) is 11.4 Å². The Balaban J connectivity index is 2.78. The number of hydrogen-bond acceptors (Lipinski definition) is 3. The SMILES string of the molecule is NCC1=Cc2cccc(Br)c2S1(=O)=O. The first-order valence-electron chi connectivity index (χ1n) is 4.01. The molecule has 14 heavy (non-hydrogen) atoms. The molecule has 0 atom stereocenters. The highest BCUT2D eigenvalue weighted by Gasteiger charge is 2.30. The summed E-state index contributed by atoms with van der Waals surface area (Å²) in [4.78, 5) is 0.611. The van der Waals surface area contributed by atoms with Crippen molar-refractivity contribution in [2.24, 2.45) is 5.73 Å². The Labute approximate surface area is 90.7 Å². The van der Waals surface area contributed by atoms with Crippen molar-refractivity contribution in [2.45, 2.75) is 4.90 Å². The van der Waals surface area contributed by atoms with Crippen molar-refractivity contribution >= 4 is 31.8 Å². The minimum atomic E-state index is -3.34. The van der Waals surface area contributed by atoms with Gasteiger partial charge in [-0.15, -0.1) is 0 Å². The Hall–Kier alpha value is -0.650. The first kappa shape index (κ1) is 9.89. The van der Waals surface area contributed by atoms with Crippen LogP contribution < -0.4 is 5.73 Å². The molecule has 1 aliphatic rings. The molecule has 0 unspecified atom stereocenters. The van der Waals surface area contributed by atoms with Gasteiger partial charge < -0.3 is 5.73 Å². The molecule has 0 radical (unpaired) electrons. The van der Waals surface area contributed by atoms with Gasteiger partial charge in [-0.25, -0.2) is 8.42 Å². The van der Waals surface area contributed by atoms with Gasteiger partial charge in [0.1, 0.15) is 0 Å². The molecule has 0 aliphatic carbocycles. The highest BCUT2D eigenvalue weighted by atomic mass is 79.9. The van der Waals surface area contributed by atoms with Gasteiger partial charge in [0.15, 0.2) is 0 Å². The Morgan fingerprint density at radius 2 is 2.07 bits per heavy atom. The van der Waals surface area contributed by atoms with Crippen molar-refractivity contribution in [1.82, 2.24) is 0 Å². The summed E-state index contributed by atoms with van der Waals surface area (Å²) in [7, 11) is -3.34. The van der Waals surface area contributed by atoms with E-state index in [4.69, 9.17) is 5.73 Å². The monoisotopic (exact) mass is 273 g/mol. The highest BCUT2D eigenvalue weighted by Crippen LogP contribution is 2.36. The summed E-state index contributed by atoms with van der Waals surface area (Å²) >= 11 is 3.23. The molecule has 2 rings (SSSR count). The number of fused-ring (bicyclic) bond motifs is 1. The van der Waals surface area contributed by atoms with Gasteiger partial charge in [0.2, 0.25) is 9.84 Å². The molecular formula is C9H8BrNO2S. The Bertz CT molecular complexity index is 520. The minimum Gasteiger partial charge on any atom is -0.326 e. The number of nitrogens with two attached hydrogens (primary N) is 1. The third-order valence-electron chi connectivity index (χ3n) is 2.13. The maximum Gasteiger partial charge on any atom is 0.205 e. The zero-order chi connectivity index (χ0) is 10.3. The molecule has 0 bridgehead atoms. The lowest BCUT2D eigenvalue weighted by Crippen LogP contribution is -2.10. The van der Waals surface area contributed by atoms with Crippen molar-refractivity contribution in [2.75, 3.05) is 6.54 Å². The van der Waals surface area contributed by atoms with Crippen molar-refractivity contribution in [1.29, 1.82) is 0 Å². The fourth-order valence-electron chi connectivity index (χ4n) is 1.47. The van der Waals surface area contributed by atoms with Crippen LogP contribution in [-0.4, -0.2) is 15.0 Å². The summed E-state index contributed by atoms with van der Waals surface area (Å²) in [5.74, 6) is 0. The number of rotatable bonds is 1. The van der Waals surface area contributed by atoms with Crippen LogP contribution in [0.4, 0.5) is 0 Å². The highest BCUT2D eigenvalue weighted by molar-refractivity contribution is 9.10. The van der Waals surface area contributed by atoms with Gasteiger partial charge in [0.25, 0.3) is 0 Å². The molecule has 74 valence electrons. The van der Waals surface area contributed by atoms with Gasteiger partial charge >= 0.3 is 0 Å². The Morgan fingerprint density at radius 3 is 2.64 bits per heavy atom. The van der Waals surface area contributed by atoms with E-state index in [0.717, 1.165) is 0 Å². The molecule has 0 amide bonds. The second kappa shape index (κ2) is 3.18. The molecule has 1 aromatic carbocycles. The molecule has 0 saturated carbocycles. The zero-order valence-electron chi connectivity index (χ0n) is 7.20. The molecule has 0 aromatic heterocycles. The number of hydrogen-bond donors (Lipinski definition) is 1. The third-order valence-corrected chi connectivity index (χ3v) is 5.02. The van der Waals surface area contributed by atoms with Crippen LogP contribution in [0.2, 0.25) is 0 Å². The smallest absolute Gasteiger partial charge is 0.205 e. The van der Waals surface area contributed by atoms with E-state index >= 15 is 0 Å². The second-order valence-electron chi connectivity index (χ2n) is 2.98. The van der Waals surface area contributed by atoms with Gasteiger partial charge in [0.05, 0.1) is 9.80 Å². The molecule has 5 heteroatoms. The number of halogens is 1. The summed E-state index contributed by atoms with van der Waals surface area (Å²) in [5, 5.41) is 0. The van der Waals surface area contributed by atoms with E-state index in [0.29, 0.717) is 14.9 Å². The predicted octanol–water partition coefficient (Wildman–Crippen LogP) is 1.54. The van der Waals surface area contributed by atoms with Gasteiger partial charge in [-0.2, -0.15) is 0 Å². The second-order valence-corrected chi connectivity index (χ2v) is 5.77. The van der Waals surface area contributed by atoms with E-state index in [9.17, 15) is 8.42 Å². The maximum absolute atomic E-state index is 11.9. The van der Waals surface area contributed by atoms with Gasteiger partial charge in [-0.05, 0) is 33.6 Å². The van der Waals surface area contributed by atoms with Crippen molar-refractivity contribution in [3.8, 4) is 0 Å². The van der Waals surface area contributed by atoms with Crippen LogP contribution in [0.15, 0.2) is 32.5 Å². The average molecular weight is 274 g/mol. The lowest BCUT2D eigenvalue weighted by atomic mass is 10.2. The number of benzene rings is 1. The van der Waals surface area contributed by atoms with Crippen LogP contribution in [0.1, 0.15) is 5.56 Å². The van der Waals surface area contributed by atoms with Crippen molar-refractivity contribution < 1.29 is 8.42 Å². The van der Waals surface area contributed by atoms with E-state index in [1.54, 1.807) is 24.3 Å². The minimum absolute atomic E-state index is 0.0451. The maximum atomic E-state index is 11.9. The molecule has 1 heterocycles. The molecule has 1 aliphatic heterocycles. The molecule has 0 spiro atoms. The van der Waals surface area contributed by atoms with E-state index < -0.39 is 9.84 Å². The fourth-order valence-corrected chi connectivity index (χ4v) is 4.02. The van der Waals surface area contributed by atoms with E-state index in [2.05, 4.69) is 15.9 Å². The molecule has 3 nitrogen and oxygen atoms in total. The van der Waals surface area contributed by atoms with E-state index in [1.807, 2.05) is 0 Å². The third kappa shape index (κ3) is 1.24. The quantitative estimate of drug-likeness (QED) is 0.845. The molecule has 1 aromatic rings. The summed E-state index contributed by atoms with van der Waals surface area (Å²) in [6.45, 7) is 0.0451. The zero-order valence-corrected chi connectivity index (χ0v) is 9.60. The standard InChI is InChI=1S/C9H8BrNO2S/c10-8-3-1-2-6-4-7(5-11)14(12,13)9(6)8/h1-4H,5,11H2. The molecular weight excluding hydrogens is 266 g/mol. The first-order valence-corrected chi connectivity index (χ1v) is 6.29. The Kier molecular flexibility index (Phi) is 2.25. The fraction of sp³-hybridized carbons (Fsp3) is 0.111. The van der Waals surface area contributed by atoms with Crippen LogP contribution in [0.5, 0.6) is 0 Å². The van der Waals surface area contributed by atoms with Gasteiger partial charge in [-0.1, -0.05) is 12.1 Å². The summed E-state index contributed by atoms with van der Waals surface area (Å²) in [6.07, 6.45) is 1.62. The average Bonchev–Trinajstić information content (AvgIpc) is 2.38. The van der Waals surface area contributed by atoms with E-state index in [1.165, 1.54) is 0 Å². The van der Waals surface area contributed by atoms with Crippen LogP contribution in [0, 0.1) is 0 Å². The van der Waals surface area contributed by atoms with Crippen molar-refractivity contribution in [3.63, 3.8) is 0 Å². The summed E-state index contributed by atoms with van der Waals surface area (Å²) in [5.41, 5.74) is 6.08. The summed E-state index contributed by atoms with van der Waals surface area (Å²) < 4.78 is 24.3. The van der Waals surface area contributed by atoms with Crippen LogP contribution in [-0.2, 0) is 9.84 Å². The summed E-state index contributed by atoms with van der Waals surface area (Å²) in [6, 6.07) is 5.28. The van der Waals surface area contributed by atoms with Crippen LogP contribution >= 0.6 is 15.9 Å². The molecule has 0 fully saturated rings. The topological polar surface area (TPSA) is 60.2 Å². The van der Waals surface area contributed by atoms with Crippen molar-refractivity contribution in [3.05, 3.63) is 33.1 Å². The normalized spacial score (nSPS) is 17.7. The lowest BCUT2D eigenvalue weighted by Gasteiger charge is -2.02. The van der Waals surface area contributed by atoms with Gasteiger partial charge in [-0.3, -0.25) is 0 Å².